The van der Waals surface area contributed by atoms with Crippen molar-refractivity contribution < 1.29 is 13.6 Å². The number of hydrogen-bond acceptors (Lipinski definition) is 4. The van der Waals surface area contributed by atoms with Gasteiger partial charge in [-0.15, -0.1) is 10.2 Å². The average molecular weight is 366 g/mol. The Kier molecular flexibility index (Phi) is 5.67. The van der Waals surface area contributed by atoms with Crippen LogP contribution in [0, 0.1) is 18.6 Å². The first kappa shape index (κ1) is 17.8. The van der Waals surface area contributed by atoms with Gasteiger partial charge in [0.2, 0.25) is 5.91 Å². The second kappa shape index (κ2) is 7.95. The summed E-state index contributed by atoms with van der Waals surface area (Å²) in [7, 11) is 0. The molecule has 1 fully saturated rings. The first-order chi connectivity index (χ1) is 12.0. The maximum absolute atomic E-state index is 13.6. The Morgan fingerprint density at radius 3 is 2.76 bits per heavy atom. The monoisotopic (exact) mass is 366 g/mol. The van der Waals surface area contributed by atoms with Crippen molar-refractivity contribution in [2.75, 3.05) is 11.1 Å². The van der Waals surface area contributed by atoms with Crippen LogP contribution < -0.4 is 5.32 Å². The van der Waals surface area contributed by atoms with Gasteiger partial charge in [-0.25, -0.2) is 8.78 Å². The molecule has 1 heterocycles. The first-order valence-electron chi connectivity index (χ1n) is 8.34. The van der Waals surface area contributed by atoms with Crippen LogP contribution in [0.2, 0.25) is 0 Å². The molecule has 0 spiro atoms. The summed E-state index contributed by atoms with van der Waals surface area (Å²) in [4.78, 5) is 12.1. The Hall–Kier alpha value is -1.96. The first-order valence-corrected chi connectivity index (χ1v) is 9.32. The van der Waals surface area contributed by atoms with Gasteiger partial charge >= 0.3 is 0 Å². The molecule has 1 amide bonds. The molecular formula is C17H20F2N4OS. The average Bonchev–Trinajstić information content (AvgIpc) is 2.97. The molecule has 25 heavy (non-hydrogen) atoms. The highest BCUT2D eigenvalue weighted by Gasteiger charge is 2.22. The molecule has 8 heteroatoms. The van der Waals surface area contributed by atoms with Gasteiger partial charge in [0.1, 0.15) is 17.5 Å². The molecule has 0 atom stereocenters. The van der Waals surface area contributed by atoms with Gasteiger partial charge in [-0.05, 0) is 31.9 Å². The summed E-state index contributed by atoms with van der Waals surface area (Å²) in [6, 6.07) is 3.44. The molecule has 1 aliphatic carbocycles. The Morgan fingerprint density at radius 1 is 1.28 bits per heavy atom. The van der Waals surface area contributed by atoms with E-state index in [0.717, 1.165) is 30.8 Å². The molecule has 1 N–H and O–H groups in total. The fraction of sp³-hybridized carbons (Fsp3) is 0.471. The van der Waals surface area contributed by atoms with Gasteiger partial charge in [-0.1, -0.05) is 31.0 Å². The van der Waals surface area contributed by atoms with Crippen LogP contribution >= 0.6 is 11.8 Å². The number of nitrogens with zero attached hydrogens (tertiary/aromatic N) is 3. The number of halogens is 2. The van der Waals surface area contributed by atoms with E-state index in [4.69, 9.17) is 0 Å². The van der Waals surface area contributed by atoms with Crippen molar-refractivity contribution >= 4 is 23.4 Å². The number of aryl methyl sites for hydroxylation is 1. The number of carbonyl (C=O) groups is 1. The lowest BCUT2D eigenvalue weighted by Crippen LogP contribution is -2.18. The third-order valence-electron chi connectivity index (χ3n) is 4.31. The van der Waals surface area contributed by atoms with Gasteiger partial charge < -0.3 is 9.88 Å². The topological polar surface area (TPSA) is 59.8 Å². The Morgan fingerprint density at radius 2 is 2.04 bits per heavy atom. The van der Waals surface area contributed by atoms with Gasteiger partial charge in [0, 0.05) is 12.1 Å². The van der Waals surface area contributed by atoms with Crippen LogP contribution in [0.5, 0.6) is 0 Å². The largest absolute Gasteiger partial charge is 0.323 e. The molecule has 1 aromatic heterocycles. The number of anilines is 1. The fourth-order valence-electron chi connectivity index (χ4n) is 3.12. The van der Waals surface area contributed by atoms with Crippen LogP contribution in [0.1, 0.15) is 44.0 Å². The van der Waals surface area contributed by atoms with E-state index in [0.29, 0.717) is 11.2 Å². The predicted molar refractivity (Wildman–Crippen MR) is 92.6 cm³/mol. The molecular weight excluding hydrogens is 346 g/mol. The zero-order chi connectivity index (χ0) is 17.8. The summed E-state index contributed by atoms with van der Waals surface area (Å²) in [5.74, 6) is -0.909. The summed E-state index contributed by atoms with van der Waals surface area (Å²) < 4.78 is 28.6. The van der Waals surface area contributed by atoms with E-state index < -0.39 is 11.6 Å². The number of rotatable bonds is 5. The molecule has 3 rings (SSSR count). The summed E-state index contributed by atoms with van der Waals surface area (Å²) in [5, 5.41) is 11.5. The maximum atomic E-state index is 13.6. The molecule has 1 aliphatic rings. The highest BCUT2D eigenvalue weighted by atomic mass is 32.2. The SMILES string of the molecule is Cc1nnc(SCC(=O)Nc2ccc(F)cc2F)n1C1CCCCC1. The Balaban J connectivity index is 1.62. The second-order valence-corrected chi connectivity index (χ2v) is 7.10. The van der Waals surface area contributed by atoms with Crippen LogP contribution in [-0.2, 0) is 4.79 Å². The Labute approximate surface area is 149 Å². The van der Waals surface area contributed by atoms with E-state index in [2.05, 4.69) is 20.1 Å². The van der Waals surface area contributed by atoms with E-state index in [9.17, 15) is 13.6 Å². The minimum Gasteiger partial charge on any atom is -0.323 e. The number of hydrogen-bond donors (Lipinski definition) is 1. The molecule has 0 radical (unpaired) electrons. The van der Waals surface area contributed by atoms with Crippen molar-refractivity contribution in [1.82, 2.24) is 14.8 Å². The Bertz CT molecular complexity index is 759. The molecule has 0 saturated heterocycles. The van der Waals surface area contributed by atoms with Crippen LogP contribution in [0.25, 0.3) is 0 Å². The number of nitrogens with one attached hydrogen (secondary N) is 1. The number of carbonyl (C=O) groups excluding carboxylic acids is 1. The lowest BCUT2D eigenvalue weighted by molar-refractivity contribution is -0.113. The molecule has 0 bridgehead atoms. The molecule has 1 aromatic carbocycles. The van der Waals surface area contributed by atoms with Crippen molar-refractivity contribution in [2.45, 2.75) is 50.2 Å². The van der Waals surface area contributed by atoms with Crippen LogP contribution in [-0.4, -0.2) is 26.4 Å². The zero-order valence-corrected chi connectivity index (χ0v) is 14.8. The minimum absolute atomic E-state index is 0.0306. The molecule has 0 aliphatic heterocycles. The van der Waals surface area contributed by atoms with Crippen molar-refractivity contribution in [3.05, 3.63) is 35.7 Å². The summed E-state index contributed by atoms with van der Waals surface area (Å²) in [6.07, 6.45) is 5.83. The van der Waals surface area contributed by atoms with Gasteiger partial charge in [0.05, 0.1) is 11.4 Å². The van der Waals surface area contributed by atoms with Gasteiger partial charge in [0.15, 0.2) is 5.16 Å². The van der Waals surface area contributed by atoms with E-state index >= 15 is 0 Å². The number of amides is 1. The van der Waals surface area contributed by atoms with Crippen LogP contribution in [0.15, 0.2) is 23.4 Å². The second-order valence-electron chi connectivity index (χ2n) is 6.15. The molecule has 134 valence electrons. The minimum atomic E-state index is -0.792. The molecule has 0 unspecified atom stereocenters. The van der Waals surface area contributed by atoms with Crippen LogP contribution in [0.4, 0.5) is 14.5 Å². The third kappa shape index (κ3) is 4.36. The normalized spacial score (nSPS) is 15.3. The predicted octanol–water partition coefficient (Wildman–Crippen LogP) is 4.10. The van der Waals surface area contributed by atoms with Crippen molar-refractivity contribution in [1.29, 1.82) is 0 Å². The molecule has 5 nitrogen and oxygen atoms in total. The fourth-order valence-corrected chi connectivity index (χ4v) is 3.97. The van der Waals surface area contributed by atoms with E-state index in [1.165, 1.54) is 37.1 Å². The van der Waals surface area contributed by atoms with Gasteiger partial charge in [-0.3, -0.25) is 4.79 Å². The quantitative estimate of drug-likeness (QED) is 0.810. The summed E-state index contributed by atoms with van der Waals surface area (Å²) in [6.45, 7) is 1.92. The zero-order valence-electron chi connectivity index (χ0n) is 14.0. The highest BCUT2D eigenvalue weighted by Crippen LogP contribution is 2.32. The van der Waals surface area contributed by atoms with E-state index in [-0.39, 0.29) is 17.3 Å². The molecule has 2 aromatic rings. The van der Waals surface area contributed by atoms with Crippen molar-refractivity contribution in [3.63, 3.8) is 0 Å². The van der Waals surface area contributed by atoms with Gasteiger partial charge in [0.25, 0.3) is 0 Å². The third-order valence-corrected chi connectivity index (χ3v) is 5.26. The summed E-state index contributed by atoms with van der Waals surface area (Å²) in [5.41, 5.74) is -0.0306. The smallest absolute Gasteiger partial charge is 0.234 e. The van der Waals surface area contributed by atoms with Crippen molar-refractivity contribution in [2.24, 2.45) is 0 Å². The van der Waals surface area contributed by atoms with E-state index in [1.807, 2.05) is 6.92 Å². The van der Waals surface area contributed by atoms with Crippen LogP contribution in [0.3, 0.4) is 0 Å². The maximum Gasteiger partial charge on any atom is 0.234 e. The number of benzene rings is 1. The number of aromatic nitrogens is 3. The van der Waals surface area contributed by atoms with Gasteiger partial charge in [-0.2, -0.15) is 0 Å². The van der Waals surface area contributed by atoms with Crippen molar-refractivity contribution in [3.8, 4) is 0 Å². The number of thioether (sulfide) groups is 1. The van der Waals surface area contributed by atoms with E-state index in [1.54, 1.807) is 0 Å². The lowest BCUT2D eigenvalue weighted by Gasteiger charge is -2.24. The highest BCUT2D eigenvalue weighted by molar-refractivity contribution is 7.99. The molecule has 1 saturated carbocycles. The summed E-state index contributed by atoms with van der Waals surface area (Å²) >= 11 is 1.28. The standard InChI is InChI=1S/C17H20F2N4OS/c1-11-21-22-17(23(11)13-5-3-2-4-6-13)25-10-16(24)20-15-8-7-12(18)9-14(15)19/h7-9,13H,2-6,10H2,1H3,(H,20,24). The lowest BCUT2D eigenvalue weighted by atomic mass is 9.95.